The highest BCUT2D eigenvalue weighted by atomic mass is 19.4. The van der Waals surface area contributed by atoms with Gasteiger partial charge in [-0.2, -0.15) is 22.0 Å². The minimum absolute atomic E-state index is 0.319. The molecule has 0 unspecified atom stereocenters. The largest absolute Gasteiger partial charge is 0.434 e. The van der Waals surface area contributed by atoms with Gasteiger partial charge in [0.2, 0.25) is 0 Å². The molecule has 0 amide bonds. The van der Waals surface area contributed by atoms with Crippen LogP contribution in [0.3, 0.4) is 0 Å². The van der Waals surface area contributed by atoms with E-state index in [1.54, 1.807) is 0 Å². The van der Waals surface area contributed by atoms with Crippen molar-refractivity contribution in [3.8, 4) is 5.75 Å². The molecule has 0 aliphatic carbocycles. The normalized spacial score (nSPS) is 11.7. The summed E-state index contributed by atoms with van der Waals surface area (Å²) in [7, 11) is 0. The van der Waals surface area contributed by atoms with Gasteiger partial charge in [-0.1, -0.05) is 0 Å². The summed E-state index contributed by atoms with van der Waals surface area (Å²) in [5, 5.41) is 0. The second kappa shape index (κ2) is 4.79. The summed E-state index contributed by atoms with van der Waals surface area (Å²) in [4.78, 5) is 11.1. The van der Waals surface area contributed by atoms with Gasteiger partial charge in [0.15, 0.2) is 5.78 Å². The number of halogens is 5. The van der Waals surface area contributed by atoms with E-state index in [1.807, 2.05) is 0 Å². The highest BCUT2D eigenvalue weighted by Gasteiger charge is 2.33. The van der Waals surface area contributed by atoms with Crippen LogP contribution in [0.15, 0.2) is 12.1 Å². The number of nitrogen functional groups attached to an aromatic ring is 1. The molecule has 0 radical (unpaired) electrons. The third kappa shape index (κ3) is 3.08. The third-order valence-corrected chi connectivity index (χ3v) is 2.03. The zero-order chi connectivity index (χ0) is 14.1. The van der Waals surface area contributed by atoms with Crippen LogP contribution in [0, 0.1) is 0 Å². The number of ether oxygens (including phenoxy) is 1. The van der Waals surface area contributed by atoms with Gasteiger partial charge in [-0.05, 0) is 19.1 Å². The second-order valence-corrected chi connectivity index (χ2v) is 3.37. The topological polar surface area (TPSA) is 52.3 Å². The van der Waals surface area contributed by atoms with Crippen molar-refractivity contribution in [1.82, 2.24) is 0 Å². The predicted octanol–water partition coefficient (Wildman–Crippen LogP) is 3.09. The number of anilines is 1. The first-order valence-electron chi connectivity index (χ1n) is 4.59. The lowest BCUT2D eigenvalue weighted by atomic mass is 10.0. The maximum Gasteiger partial charge on any atom is 0.416 e. The van der Waals surface area contributed by atoms with Gasteiger partial charge in [-0.3, -0.25) is 4.79 Å². The monoisotopic (exact) mass is 269 g/mol. The fraction of sp³-hybridized carbons (Fsp3) is 0.300. The molecular weight excluding hydrogens is 261 g/mol. The van der Waals surface area contributed by atoms with Gasteiger partial charge in [0.25, 0.3) is 0 Å². The number of hydrogen-bond donors (Lipinski definition) is 1. The molecule has 18 heavy (non-hydrogen) atoms. The Balaban J connectivity index is 3.42. The Kier molecular flexibility index (Phi) is 3.78. The molecule has 100 valence electrons. The van der Waals surface area contributed by atoms with Crippen molar-refractivity contribution in [3.05, 3.63) is 23.3 Å². The Labute approximate surface area is 98.3 Å². The number of ketones is 1. The van der Waals surface area contributed by atoms with E-state index >= 15 is 0 Å². The molecule has 1 rings (SSSR count). The summed E-state index contributed by atoms with van der Waals surface area (Å²) < 4.78 is 65.3. The molecule has 1 aromatic carbocycles. The van der Waals surface area contributed by atoms with Gasteiger partial charge in [0.1, 0.15) is 5.75 Å². The number of Topliss-reactive ketones (excluding diaryl/α,β-unsaturated/α-hetero) is 1. The number of nitrogens with two attached hydrogens (primary N) is 1. The summed E-state index contributed by atoms with van der Waals surface area (Å²) in [6.45, 7) is -2.37. The van der Waals surface area contributed by atoms with Crippen LogP contribution in [0.25, 0.3) is 0 Å². The average Bonchev–Trinajstić information content (AvgIpc) is 2.13. The molecule has 8 heteroatoms. The first-order chi connectivity index (χ1) is 8.12. The fourth-order valence-corrected chi connectivity index (χ4v) is 1.37. The van der Waals surface area contributed by atoms with Crippen LogP contribution < -0.4 is 10.5 Å². The zero-order valence-corrected chi connectivity index (χ0v) is 9.02. The Morgan fingerprint density at radius 2 is 1.89 bits per heavy atom. The number of alkyl halides is 5. The quantitative estimate of drug-likeness (QED) is 0.521. The minimum Gasteiger partial charge on any atom is -0.434 e. The van der Waals surface area contributed by atoms with Crippen LogP contribution in [0.5, 0.6) is 5.75 Å². The Bertz CT molecular complexity index is 470. The number of carbonyl (C=O) groups is 1. The predicted molar refractivity (Wildman–Crippen MR) is 52.5 cm³/mol. The van der Waals surface area contributed by atoms with Gasteiger partial charge < -0.3 is 10.5 Å². The van der Waals surface area contributed by atoms with E-state index < -0.39 is 41.1 Å². The molecule has 1 aromatic rings. The molecule has 0 fully saturated rings. The van der Waals surface area contributed by atoms with E-state index in [-0.39, 0.29) is 0 Å². The lowest BCUT2D eigenvalue weighted by Gasteiger charge is -2.14. The van der Waals surface area contributed by atoms with Crippen LogP contribution >= 0.6 is 0 Å². The van der Waals surface area contributed by atoms with Crippen molar-refractivity contribution in [2.24, 2.45) is 0 Å². The maximum atomic E-state index is 12.4. The summed E-state index contributed by atoms with van der Waals surface area (Å²) in [6, 6.07) is 0.814. The molecule has 0 aliphatic heterocycles. The number of hydrogen-bond acceptors (Lipinski definition) is 3. The number of benzene rings is 1. The SMILES string of the molecule is CC(=O)c1c(N)cc(C(F)(F)F)cc1OC(F)F. The van der Waals surface area contributed by atoms with E-state index in [4.69, 9.17) is 5.73 Å². The van der Waals surface area contributed by atoms with Crippen molar-refractivity contribution in [2.45, 2.75) is 19.7 Å². The molecule has 0 heterocycles. The molecule has 0 atom stereocenters. The summed E-state index contributed by atoms with van der Waals surface area (Å²) in [6.07, 6.45) is -4.77. The van der Waals surface area contributed by atoms with Crippen molar-refractivity contribution in [3.63, 3.8) is 0 Å². The third-order valence-electron chi connectivity index (χ3n) is 2.03. The molecule has 0 aromatic heterocycles. The van der Waals surface area contributed by atoms with Gasteiger partial charge in [-0.15, -0.1) is 0 Å². The molecule has 2 N–H and O–H groups in total. The Morgan fingerprint density at radius 1 is 1.33 bits per heavy atom. The number of carbonyl (C=O) groups excluding carboxylic acids is 1. The summed E-state index contributed by atoms with van der Waals surface area (Å²) in [5.41, 5.74) is 2.93. The first kappa shape index (κ1) is 14.2. The van der Waals surface area contributed by atoms with Crippen molar-refractivity contribution in [2.75, 3.05) is 5.73 Å². The molecule has 3 nitrogen and oxygen atoms in total. The van der Waals surface area contributed by atoms with Crippen molar-refractivity contribution in [1.29, 1.82) is 0 Å². The smallest absolute Gasteiger partial charge is 0.416 e. The molecule has 0 aliphatic rings. The highest BCUT2D eigenvalue weighted by molar-refractivity contribution is 6.02. The van der Waals surface area contributed by atoms with E-state index in [9.17, 15) is 26.7 Å². The van der Waals surface area contributed by atoms with Crippen LogP contribution in [0.2, 0.25) is 0 Å². The van der Waals surface area contributed by atoms with Gasteiger partial charge in [0, 0.05) is 5.69 Å². The van der Waals surface area contributed by atoms with Gasteiger partial charge in [-0.25, -0.2) is 0 Å². The first-order valence-corrected chi connectivity index (χ1v) is 4.59. The van der Waals surface area contributed by atoms with Crippen molar-refractivity contribution < 1.29 is 31.5 Å². The summed E-state index contributed by atoms with van der Waals surface area (Å²) >= 11 is 0. The van der Waals surface area contributed by atoms with E-state index in [0.29, 0.717) is 12.1 Å². The van der Waals surface area contributed by atoms with E-state index in [0.717, 1.165) is 6.92 Å². The zero-order valence-electron chi connectivity index (χ0n) is 9.02. The molecular formula is C10H8F5NO2. The second-order valence-electron chi connectivity index (χ2n) is 3.37. The van der Waals surface area contributed by atoms with Gasteiger partial charge in [0.05, 0.1) is 11.1 Å². The van der Waals surface area contributed by atoms with Crippen LogP contribution in [-0.4, -0.2) is 12.4 Å². The van der Waals surface area contributed by atoms with Crippen molar-refractivity contribution >= 4 is 11.5 Å². The minimum atomic E-state index is -4.77. The van der Waals surface area contributed by atoms with Crippen LogP contribution in [0.1, 0.15) is 22.8 Å². The maximum absolute atomic E-state index is 12.4. The lowest BCUT2D eigenvalue weighted by Crippen LogP contribution is -2.13. The lowest BCUT2D eigenvalue weighted by molar-refractivity contribution is -0.138. The number of rotatable bonds is 3. The molecule has 0 spiro atoms. The molecule has 0 saturated carbocycles. The fourth-order valence-electron chi connectivity index (χ4n) is 1.37. The van der Waals surface area contributed by atoms with E-state index in [1.165, 1.54) is 0 Å². The Hall–Kier alpha value is -1.86. The average molecular weight is 269 g/mol. The highest BCUT2D eigenvalue weighted by Crippen LogP contribution is 2.36. The molecule has 0 bridgehead atoms. The summed E-state index contributed by atoms with van der Waals surface area (Å²) in [5.74, 6) is -1.65. The van der Waals surface area contributed by atoms with E-state index in [2.05, 4.69) is 4.74 Å². The van der Waals surface area contributed by atoms with Gasteiger partial charge >= 0.3 is 12.8 Å². The van der Waals surface area contributed by atoms with Crippen LogP contribution in [0.4, 0.5) is 27.6 Å². The molecule has 0 saturated heterocycles. The Morgan fingerprint density at radius 3 is 2.28 bits per heavy atom. The standard InChI is InChI=1S/C10H8F5NO2/c1-4(17)8-6(16)2-5(10(13,14)15)3-7(8)18-9(11)12/h2-3,9H,16H2,1H3. The van der Waals surface area contributed by atoms with Crippen LogP contribution in [-0.2, 0) is 6.18 Å².